The molecule has 4 N–H and O–H groups in total. The Balaban J connectivity index is 2.31. The van der Waals surface area contributed by atoms with Gasteiger partial charge in [-0.05, 0) is 19.1 Å². The fourth-order valence-corrected chi connectivity index (χ4v) is 2.88. The topological polar surface area (TPSA) is 114 Å². The molecule has 7 nitrogen and oxygen atoms in total. The second-order valence-corrected chi connectivity index (χ2v) is 5.55. The average Bonchev–Trinajstić information content (AvgIpc) is 2.85. The number of aromatic amines is 1. The van der Waals surface area contributed by atoms with Crippen molar-refractivity contribution in [2.75, 3.05) is 5.73 Å². The Morgan fingerprint density at radius 2 is 2.21 bits per heavy atom. The van der Waals surface area contributed by atoms with Crippen molar-refractivity contribution in [1.29, 1.82) is 0 Å². The molecule has 1 heterocycles. The summed E-state index contributed by atoms with van der Waals surface area (Å²) in [5.41, 5.74) is 5.02. The van der Waals surface area contributed by atoms with Gasteiger partial charge in [-0.15, -0.1) is 0 Å². The van der Waals surface area contributed by atoms with E-state index in [1.165, 1.54) is 18.5 Å². The molecule has 0 aliphatic heterocycles. The number of para-hydroxylation sites is 1. The van der Waals surface area contributed by atoms with Crippen LogP contribution in [0.5, 0.6) is 0 Å². The van der Waals surface area contributed by atoms with E-state index in [-0.39, 0.29) is 4.90 Å². The fourth-order valence-electron chi connectivity index (χ4n) is 1.53. The first-order valence-corrected chi connectivity index (χ1v) is 6.81. The van der Waals surface area contributed by atoms with Crippen molar-refractivity contribution in [2.24, 2.45) is 0 Å². The maximum atomic E-state index is 13.3. The van der Waals surface area contributed by atoms with Gasteiger partial charge < -0.3 is 5.73 Å². The minimum Gasteiger partial charge on any atom is -0.395 e. The molecule has 2 aromatic rings. The first-order valence-electron chi connectivity index (χ1n) is 5.33. The zero-order chi connectivity index (χ0) is 14.0. The smallest absolute Gasteiger partial charge is 0.243 e. The molecule has 0 saturated heterocycles. The molecule has 102 valence electrons. The van der Waals surface area contributed by atoms with Gasteiger partial charge in [0, 0.05) is 0 Å². The van der Waals surface area contributed by atoms with Crippen molar-refractivity contribution in [2.45, 2.75) is 17.9 Å². The van der Waals surface area contributed by atoms with Crippen molar-refractivity contribution >= 4 is 15.7 Å². The molecule has 0 saturated carbocycles. The second kappa shape index (κ2) is 4.94. The van der Waals surface area contributed by atoms with Gasteiger partial charge in [0.15, 0.2) is 0 Å². The molecule has 9 heteroatoms. The van der Waals surface area contributed by atoms with E-state index in [4.69, 9.17) is 5.73 Å². The van der Waals surface area contributed by atoms with Crippen LogP contribution >= 0.6 is 0 Å². The number of nitrogen functional groups attached to an aromatic ring is 1. The zero-order valence-electron chi connectivity index (χ0n) is 9.96. The standard InChI is InChI=1S/C10H12FN5O2S/c1-6(10-13-5-14-15-10)16-19(17,18)8-4-2-3-7(11)9(8)12/h2-6,16H,12H2,1H3,(H,13,14,15). The number of benzene rings is 1. The maximum Gasteiger partial charge on any atom is 0.243 e. The number of sulfonamides is 1. The molecular weight excluding hydrogens is 273 g/mol. The molecule has 0 spiro atoms. The average molecular weight is 285 g/mol. The monoisotopic (exact) mass is 285 g/mol. The largest absolute Gasteiger partial charge is 0.395 e. The lowest BCUT2D eigenvalue weighted by Gasteiger charge is -2.13. The SMILES string of the molecule is CC(NS(=O)(=O)c1cccc(F)c1N)c1ncn[nH]1. The van der Waals surface area contributed by atoms with E-state index < -0.39 is 27.6 Å². The fraction of sp³-hybridized carbons (Fsp3) is 0.200. The summed E-state index contributed by atoms with van der Waals surface area (Å²) in [4.78, 5) is 3.53. The van der Waals surface area contributed by atoms with Gasteiger partial charge in [-0.3, -0.25) is 5.10 Å². The molecule has 0 bridgehead atoms. The third-order valence-electron chi connectivity index (χ3n) is 2.48. The van der Waals surface area contributed by atoms with E-state index in [9.17, 15) is 12.8 Å². The van der Waals surface area contributed by atoms with Crippen molar-refractivity contribution < 1.29 is 12.8 Å². The molecule has 19 heavy (non-hydrogen) atoms. The van der Waals surface area contributed by atoms with Gasteiger partial charge in [-0.2, -0.15) is 5.10 Å². The highest BCUT2D eigenvalue weighted by atomic mass is 32.2. The molecular formula is C10H12FN5O2S. The first-order chi connectivity index (χ1) is 8.92. The lowest BCUT2D eigenvalue weighted by Crippen LogP contribution is -2.28. The summed E-state index contributed by atoms with van der Waals surface area (Å²) in [6.07, 6.45) is 1.26. The van der Waals surface area contributed by atoms with Crippen LogP contribution in [0.4, 0.5) is 10.1 Å². The van der Waals surface area contributed by atoms with E-state index in [1.54, 1.807) is 6.92 Å². The summed E-state index contributed by atoms with van der Waals surface area (Å²) >= 11 is 0. The van der Waals surface area contributed by atoms with Crippen LogP contribution in [-0.2, 0) is 10.0 Å². The van der Waals surface area contributed by atoms with Crippen LogP contribution in [0.1, 0.15) is 18.8 Å². The van der Waals surface area contributed by atoms with Crippen molar-refractivity contribution in [3.05, 3.63) is 36.2 Å². The number of rotatable bonds is 4. The minimum atomic E-state index is -3.94. The molecule has 0 radical (unpaired) electrons. The van der Waals surface area contributed by atoms with Gasteiger partial charge in [0.2, 0.25) is 10.0 Å². The number of nitrogens with two attached hydrogens (primary N) is 1. The molecule has 2 rings (SSSR count). The molecule has 1 atom stereocenters. The Morgan fingerprint density at radius 1 is 1.47 bits per heavy atom. The van der Waals surface area contributed by atoms with E-state index in [2.05, 4.69) is 19.9 Å². The van der Waals surface area contributed by atoms with E-state index in [0.717, 1.165) is 6.07 Å². The van der Waals surface area contributed by atoms with Crippen molar-refractivity contribution in [1.82, 2.24) is 19.9 Å². The summed E-state index contributed by atoms with van der Waals surface area (Å²) in [5, 5.41) is 6.17. The number of H-pyrrole nitrogens is 1. The van der Waals surface area contributed by atoms with Crippen LogP contribution in [0.2, 0.25) is 0 Å². The Labute approximate surface area is 109 Å². The normalized spacial score (nSPS) is 13.4. The van der Waals surface area contributed by atoms with Gasteiger partial charge in [0.1, 0.15) is 22.9 Å². The van der Waals surface area contributed by atoms with Crippen LogP contribution in [0.15, 0.2) is 29.4 Å². The van der Waals surface area contributed by atoms with E-state index >= 15 is 0 Å². The van der Waals surface area contributed by atoms with Crippen molar-refractivity contribution in [3.8, 4) is 0 Å². The number of anilines is 1. The van der Waals surface area contributed by atoms with Crippen LogP contribution in [0, 0.1) is 5.82 Å². The Morgan fingerprint density at radius 3 is 2.84 bits per heavy atom. The number of hydrogen-bond acceptors (Lipinski definition) is 5. The van der Waals surface area contributed by atoms with Crippen LogP contribution in [-0.4, -0.2) is 23.6 Å². The van der Waals surface area contributed by atoms with Crippen LogP contribution in [0.25, 0.3) is 0 Å². The third-order valence-corrected chi connectivity index (χ3v) is 4.08. The highest BCUT2D eigenvalue weighted by Crippen LogP contribution is 2.22. The first kappa shape index (κ1) is 13.4. The maximum absolute atomic E-state index is 13.3. The van der Waals surface area contributed by atoms with Gasteiger partial charge >= 0.3 is 0 Å². The predicted molar refractivity (Wildman–Crippen MR) is 65.9 cm³/mol. The lowest BCUT2D eigenvalue weighted by atomic mass is 10.3. The predicted octanol–water partition coefficient (Wildman–Crippen LogP) is 0.566. The molecule has 1 aromatic heterocycles. The highest BCUT2D eigenvalue weighted by molar-refractivity contribution is 7.89. The van der Waals surface area contributed by atoms with E-state index in [0.29, 0.717) is 5.82 Å². The quantitative estimate of drug-likeness (QED) is 0.710. The Hall–Kier alpha value is -2.00. The second-order valence-electron chi connectivity index (χ2n) is 3.87. The summed E-state index contributed by atoms with van der Waals surface area (Å²) in [6, 6.07) is 2.96. The number of hydrogen-bond donors (Lipinski definition) is 3. The number of nitrogens with zero attached hydrogens (tertiary/aromatic N) is 2. The molecule has 0 aliphatic carbocycles. The summed E-state index contributed by atoms with van der Waals surface area (Å²) in [7, 11) is -3.94. The summed E-state index contributed by atoms with van der Waals surface area (Å²) in [6.45, 7) is 1.58. The minimum absolute atomic E-state index is 0.307. The van der Waals surface area contributed by atoms with Gasteiger partial charge in [0.25, 0.3) is 0 Å². The van der Waals surface area contributed by atoms with Gasteiger partial charge in [0.05, 0.1) is 11.7 Å². The van der Waals surface area contributed by atoms with Gasteiger partial charge in [-0.25, -0.2) is 22.5 Å². The van der Waals surface area contributed by atoms with Crippen LogP contribution < -0.4 is 10.5 Å². The highest BCUT2D eigenvalue weighted by Gasteiger charge is 2.23. The lowest BCUT2D eigenvalue weighted by molar-refractivity contribution is 0.559. The number of aromatic nitrogens is 3. The molecule has 0 fully saturated rings. The van der Waals surface area contributed by atoms with Gasteiger partial charge in [-0.1, -0.05) is 6.07 Å². The summed E-state index contributed by atoms with van der Waals surface area (Å²) < 4.78 is 39.8. The number of halogens is 1. The summed E-state index contributed by atoms with van der Waals surface area (Å²) in [5.74, 6) is -0.436. The van der Waals surface area contributed by atoms with E-state index in [1.807, 2.05) is 0 Å². The molecule has 0 amide bonds. The van der Waals surface area contributed by atoms with Crippen molar-refractivity contribution in [3.63, 3.8) is 0 Å². The Kier molecular flexibility index (Phi) is 3.49. The molecule has 0 aliphatic rings. The van der Waals surface area contributed by atoms with Crippen LogP contribution in [0.3, 0.4) is 0 Å². The third kappa shape index (κ3) is 2.71. The molecule has 1 aromatic carbocycles. The number of nitrogens with one attached hydrogen (secondary N) is 2. The zero-order valence-corrected chi connectivity index (χ0v) is 10.8. The Bertz CT molecular complexity index is 671. The molecule has 1 unspecified atom stereocenters.